The number of rotatable bonds is 4. The Labute approximate surface area is 90.3 Å². The minimum atomic E-state index is -1.05. The second-order valence-electron chi connectivity index (χ2n) is 3.76. The lowest BCUT2D eigenvalue weighted by Gasteiger charge is -2.40. The fourth-order valence-corrected chi connectivity index (χ4v) is 1.94. The van der Waals surface area contributed by atoms with E-state index in [0.717, 1.165) is 5.56 Å². The molecule has 1 unspecified atom stereocenters. The number of hydrogen-bond acceptors (Lipinski definition) is 3. The molecule has 0 fully saturated rings. The van der Waals surface area contributed by atoms with Gasteiger partial charge in [-0.2, -0.15) is 0 Å². The third-order valence-electron chi connectivity index (χ3n) is 2.86. The summed E-state index contributed by atoms with van der Waals surface area (Å²) in [7, 11) is 3.51. The van der Waals surface area contributed by atoms with E-state index in [0.29, 0.717) is 6.42 Å². The summed E-state index contributed by atoms with van der Waals surface area (Å²) in [6.45, 7) is 1.85. The first-order valence-electron chi connectivity index (χ1n) is 5.00. The summed E-state index contributed by atoms with van der Waals surface area (Å²) in [6, 6.07) is 9.19. The van der Waals surface area contributed by atoms with Crippen molar-refractivity contribution in [3.05, 3.63) is 35.9 Å². The summed E-state index contributed by atoms with van der Waals surface area (Å²) in [5.74, 6) is -1.05. The van der Waals surface area contributed by atoms with E-state index in [1.54, 1.807) is 19.0 Å². The van der Waals surface area contributed by atoms with E-state index in [-0.39, 0.29) is 0 Å². The summed E-state index contributed by atoms with van der Waals surface area (Å²) < 4.78 is 0. The van der Waals surface area contributed by atoms with Crippen molar-refractivity contribution in [2.24, 2.45) is 0 Å². The Morgan fingerprint density at radius 1 is 1.33 bits per heavy atom. The number of hydrogen-bond donors (Lipinski definition) is 0. The highest BCUT2D eigenvalue weighted by Gasteiger charge is 2.34. The van der Waals surface area contributed by atoms with Gasteiger partial charge in [-0.15, -0.1) is 0 Å². The largest absolute Gasteiger partial charge is 0.548 e. The first-order valence-corrected chi connectivity index (χ1v) is 5.00. The molecule has 0 aromatic heterocycles. The van der Waals surface area contributed by atoms with Gasteiger partial charge in [-0.3, -0.25) is 4.90 Å². The molecule has 82 valence electrons. The average molecular weight is 206 g/mol. The number of carbonyl (C=O) groups is 1. The van der Waals surface area contributed by atoms with Crippen LogP contribution < -0.4 is 5.11 Å². The molecule has 1 rings (SSSR count). The van der Waals surface area contributed by atoms with E-state index in [1.165, 1.54) is 0 Å². The first-order chi connectivity index (χ1) is 7.05. The van der Waals surface area contributed by atoms with E-state index < -0.39 is 11.5 Å². The highest BCUT2D eigenvalue weighted by atomic mass is 16.4. The first kappa shape index (κ1) is 11.7. The number of carboxylic acids is 1. The lowest BCUT2D eigenvalue weighted by molar-refractivity contribution is -0.320. The summed E-state index contributed by atoms with van der Waals surface area (Å²) in [5, 5.41) is 11.3. The minimum absolute atomic E-state index is 0.479. The molecular formula is C12H16NO2-. The molecule has 0 saturated carbocycles. The van der Waals surface area contributed by atoms with Crippen molar-refractivity contribution in [3.63, 3.8) is 0 Å². The number of carboxylic acid groups (broad SMARTS) is 1. The predicted molar refractivity (Wildman–Crippen MR) is 57.1 cm³/mol. The van der Waals surface area contributed by atoms with Gasteiger partial charge < -0.3 is 9.90 Å². The maximum Gasteiger partial charge on any atom is 0.0854 e. The van der Waals surface area contributed by atoms with Crippen molar-refractivity contribution < 1.29 is 9.90 Å². The molecule has 0 spiro atoms. The molecule has 0 aliphatic rings. The number of benzene rings is 1. The van der Waals surface area contributed by atoms with Crippen molar-refractivity contribution in [2.75, 3.05) is 14.1 Å². The summed E-state index contributed by atoms with van der Waals surface area (Å²) >= 11 is 0. The van der Waals surface area contributed by atoms with Gasteiger partial charge in [-0.25, -0.2) is 0 Å². The molecule has 0 aliphatic heterocycles. The standard InChI is InChI=1S/C12H17NO2/c1-4-12(11(14)15,13(2)3)10-8-6-5-7-9-10/h5-9H,4H2,1-3H3,(H,14,15)/p-1. The molecule has 1 atom stereocenters. The third-order valence-corrected chi connectivity index (χ3v) is 2.86. The number of nitrogens with zero attached hydrogens (tertiary/aromatic N) is 1. The van der Waals surface area contributed by atoms with Crippen molar-refractivity contribution >= 4 is 5.97 Å². The van der Waals surface area contributed by atoms with Crippen LogP contribution in [0.15, 0.2) is 30.3 Å². The molecule has 0 N–H and O–H groups in total. The Balaban J connectivity index is 3.28. The van der Waals surface area contributed by atoms with Crippen LogP contribution in [0.5, 0.6) is 0 Å². The topological polar surface area (TPSA) is 43.4 Å². The lowest BCUT2D eigenvalue weighted by atomic mass is 9.86. The monoisotopic (exact) mass is 206 g/mol. The van der Waals surface area contributed by atoms with Crippen LogP contribution in [0.25, 0.3) is 0 Å². The smallest absolute Gasteiger partial charge is 0.0854 e. The molecule has 0 saturated heterocycles. The average Bonchev–Trinajstić information content (AvgIpc) is 2.20. The van der Waals surface area contributed by atoms with Crippen LogP contribution in [0.1, 0.15) is 18.9 Å². The van der Waals surface area contributed by atoms with Gasteiger partial charge in [0.15, 0.2) is 0 Å². The summed E-state index contributed by atoms with van der Waals surface area (Å²) in [6.07, 6.45) is 0.479. The quantitative estimate of drug-likeness (QED) is 0.724. The van der Waals surface area contributed by atoms with Crippen LogP contribution in [0.2, 0.25) is 0 Å². The van der Waals surface area contributed by atoms with E-state index >= 15 is 0 Å². The fourth-order valence-electron chi connectivity index (χ4n) is 1.94. The highest BCUT2D eigenvalue weighted by Crippen LogP contribution is 2.29. The van der Waals surface area contributed by atoms with Crippen LogP contribution in [0, 0.1) is 0 Å². The van der Waals surface area contributed by atoms with Crippen molar-refractivity contribution in [1.29, 1.82) is 0 Å². The van der Waals surface area contributed by atoms with Crippen LogP contribution in [0.4, 0.5) is 0 Å². The molecule has 3 nitrogen and oxygen atoms in total. The van der Waals surface area contributed by atoms with Gasteiger partial charge in [-0.1, -0.05) is 37.3 Å². The number of aliphatic carboxylic acids is 1. The zero-order chi connectivity index (χ0) is 11.5. The number of carbonyl (C=O) groups excluding carboxylic acids is 1. The molecule has 1 aromatic rings. The molecule has 15 heavy (non-hydrogen) atoms. The highest BCUT2D eigenvalue weighted by molar-refractivity contribution is 5.78. The zero-order valence-corrected chi connectivity index (χ0v) is 9.36. The molecular weight excluding hydrogens is 190 g/mol. The normalized spacial score (nSPS) is 14.9. The van der Waals surface area contributed by atoms with Crippen LogP contribution in [-0.2, 0) is 10.3 Å². The zero-order valence-electron chi connectivity index (χ0n) is 9.36. The van der Waals surface area contributed by atoms with E-state index in [1.807, 2.05) is 37.3 Å². The Kier molecular flexibility index (Phi) is 3.48. The van der Waals surface area contributed by atoms with Crippen molar-refractivity contribution in [1.82, 2.24) is 4.90 Å². The van der Waals surface area contributed by atoms with Gasteiger partial charge in [0.25, 0.3) is 0 Å². The van der Waals surface area contributed by atoms with Gasteiger partial charge in [0, 0.05) is 0 Å². The second kappa shape index (κ2) is 4.45. The maximum absolute atomic E-state index is 11.3. The molecule has 0 bridgehead atoms. The van der Waals surface area contributed by atoms with E-state index in [9.17, 15) is 9.90 Å². The molecule has 0 heterocycles. The Morgan fingerprint density at radius 2 is 1.87 bits per heavy atom. The van der Waals surface area contributed by atoms with Gasteiger partial charge in [0.1, 0.15) is 0 Å². The molecule has 1 aromatic carbocycles. The van der Waals surface area contributed by atoms with Gasteiger partial charge >= 0.3 is 0 Å². The maximum atomic E-state index is 11.3. The molecule has 0 amide bonds. The van der Waals surface area contributed by atoms with Crippen molar-refractivity contribution in [3.8, 4) is 0 Å². The Bertz CT molecular complexity index is 335. The summed E-state index contributed by atoms with van der Waals surface area (Å²) in [5.41, 5.74) is -0.265. The second-order valence-corrected chi connectivity index (χ2v) is 3.76. The van der Waals surface area contributed by atoms with Crippen LogP contribution in [-0.4, -0.2) is 25.0 Å². The molecule has 0 aliphatic carbocycles. The lowest BCUT2D eigenvalue weighted by Crippen LogP contribution is -2.54. The van der Waals surface area contributed by atoms with E-state index in [4.69, 9.17) is 0 Å². The van der Waals surface area contributed by atoms with Gasteiger partial charge in [0.2, 0.25) is 0 Å². The predicted octanol–water partition coefficient (Wildman–Crippen LogP) is 0.603. The Hall–Kier alpha value is -1.35. The van der Waals surface area contributed by atoms with Gasteiger partial charge in [-0.05, 0) is 26.1 Å². The van der Waals surface area contributed by atoms with Crippen LogP contribution >= 0.6 is 0 Å². The molecule has 0 radical (unpaired) electrons. The molecule has 3 heteroatoms. The van der Waals surface area contributed by atoms with Crippen LogP contribution in [0.3, 0.4) is 0 Å². The van der Waals surface area contributed by atoms with Crippen molar-refractivity contribution in [2.45, 2.75) is 18.9 Å². The third kappa shape index (κ3) is 1.88. The SMILES string of the molecule is CCC(C(=O)[O-])(c1ccccc1)N(C)C. The Morgan fingerprint density at radius 3 is 2.20 bits per heavy atom. The number of likely N-dealkylation sites (N-methyl/N-ethyl adjacent to an activating group) is 1. The fraction of sp³-hybridized carbons (Fsp3) is 0.417. The minimum Gasteiger partial charge on any atom is -0.548 e. The summed E-state index contributed by atoms with van der Waals surface area (Å²) in [4.78, 5) is 13.0. The van der Waals surface area contributed by atoms with Gasteiger partial charge in [0.05, 0.1) is 11.5 Å². The van der Waals surface area contributed by atoms with E-state index in [2.05, 4.69) is 0 Å².